The van der Waals surface area contributed by atoms with Crippen LogP contribution in [0.1, 0.15) is 12.0 Å². The van der Waals surface area contributed by atoms with Gasteiger partial charge in [-0.05, 0) is 24.6 Å². The first kappa shape index (κ1) is 12.9. The summed E-state index contributed by atoms with van der Waals surface area (Å²) in [6.45, 7) is 1.16. The third-order valence-corrected chi connectivity index (χ3v) is 4.28. The Morgan fingerprint density at radius 3 is 3.16 bits per heavy atom. The van der Waals surface area contributed by atoms with Crippen LogP contribution < -0.4 is 5.32 Å². The molecule has 6 heteroatoms. The van der Waals surface area contributed by atoms with Crippen molar-refractivity contribution in [2.45, 2.75) is 12.0 Å². The molecule has 4 nitrogen and oxygen atoms in total. The first-order valence-electron chi connectivity index (χ1n) is 6.10. The zero-order valence-corrected chi connectivity index (χ0v) is 11.7. The SMILES string of the molecule is O=C1N[C@@]2(c3cc(Br)ccc3F)COCC[C@H]2CO1. The molecule has 1 aromatic rings. The van der Waals surface area contributed by atoms with Crippen LogP contribution in [0.4, 0.5) is 9.18 Å². The third kappa shape index (κ3) is 2.12. The van der Waals surface area contributed by atoms with Gasteiger partial charge in [-0.25, -0.2) is 9.18 Å². The topological polar surface area (TPSA) is 47.6 Å². The van der Waals surface area contributed by atoms with E-state index in [0.717, 1.165) is 10.9 Å². The van der Waals surface area contributed by atoms with Crippen LogP contribution in [0.5, 0.6) is 0 Å². The molecule has 2 atom stereocenters. The molecule has 3 rings (SSSR count). The lowest BCUT2D eigenvalue weighted by Crippen LogP contribution is -2.61. The van der Waals surface area contributed by atoms with Crippen LogP contribution >= 0.6 is 15.9 Å². The molecule has 2 saturated heterocycles. The Hall–Kier alpha value is -1.14. The molecular weight excluding hydrogens is 317 g/mol. The average molecular weight is 330 g/mol. The maximum Gasteiger partial charge on any atom is 0.407 e. The quantitative estimate of drug-likeness (QED) is 0.861. The molecule has 0 unspecified atom stereocenters. The summed E-state index contributed by atoms with van der Waals surface area (Å²) in [7, 11) is 0. The Labute approximate surface area is 118 Å². The maximum absolute atomic E-state index is 14.2. The van der Waals surface area contributed by atoms with Crippen LogP contribution in [0.2, 0.25) is 0 Å². The molecule has 2 aliphatic heterocycles. The number of rotatable bonds is 1. The molecule has 0 aliphatic carbocycles. The molecular formula is C13H13BrFNO3. The number of carbonyl (C=O) groups excluding carboxylic acids is 1. The molecule has 2 fully saturated rings. The Balaban J connectivity index is 2.10. The van der Waals surface area contributed by atoms with Gasteiger partial charge in [0.25, 0.3) is 0 Å². The average Bonchev–Trinajstić information content (AvgIpc) is 2.41. The Morgan fingerprint density at radius 1 is 1.47 bits per heavy atom. The van der Waals surface area contributed by atoms with Crippen molar-refractivity contribution >= 4 is 22.0 Å². The van der Waals surface area contributed by atoms with Gasteiger partial charge in [0.2, 0.25) is 0 Å². The van der Waals surface area contributed by atoms with E-state index in [2.05, 4.69) is 21.2 Å². The number of hydrogen-bond acceptors (Lipinski definition) is 3. The lowest BCUT2D eigenvalue weighted by molar-refractivity contribution is -0.0656. The highest BCUT2D eigenvalue weighted by atomic mass is 79.9. The van der Waals surface area contributed by atoms with Crippen LogP contribution in [0.25, 0.3) is 0 Å². The van der Waals surface area contributed by atoms with Crippen LogP contribution in [-0.4, -0.2) is 25.9 Å². The molecule has 0 saturated carbocycles. The lowest BCUT2D eigenvalue weighted by atomic mass is 9.75. The summed E-state index contributed by atoms with van der Waals surface area (Å²) in [5.74, 6) is -0.330. The van der Waals surface area contributed by atoms with Crippen molar-refractivity contribution in [1.29, 1.82) is 0 Å². The third-order valence-electron chi connectivity index (χ3n) is 3.79. The maximum atomic E-state index is 14.2. The normalized spacial score (nSPS) is 30.2. The molecule has 0 aromatic heterocycles. The first-order chi connectivity index (χ1) is 9.12. The number of benzene rings is 1. The molecule has 1 amide bonds. The number of nitrogens with one attached hydrogen (secondary N) is 1. The van der Waals surface area contributed by atoms with Crippen LogP contribution in [0.3, 0.4) is 0 Å². The fourth-order valence-electron chi connectivity index (χ4n) is 2.79. The van der Waals surface area contributed by atoms with Gasteiger partial charge in [-0.2, -0.15) is 0 Å². The molecule has 2 aliphatic rings. The van der Waals surface area contributed by atoms with E-state index < -0.39 is 11.6 Å². The molecule has 0 radical (unpaired) electrons. The van der Waals surface area contributed by atoms with Gasteiger partial charge in [-0.3, -0.25) is 0 Å². The van der Waals surface area contributed by atoms with Gasteiger partial charge in [-0.1, -0.05) is 15.9 Å². The van der Waals surface area contributed by atoms with Crippen molar-refractivity contribution in [3.63, 3.8) is 0 Å². The van der Waals surface area contributed by atoms with Gasteiger partial charge in [0.1, 0.15) is 11.4 Å². The van der Waals surface area contributed by atoms with Gasteiger partial charge in [0.05, 0.1) is 13.2 Å². The molecule has 1 aromatic carbocycles. The van der Waals surface area contributed by atoms with E-state index >= 15 is 0 Å². The number of halogens is 2. The minimum Gasteiger partial charge on any atom is -0.449 e. The molecule has 2 heterocycles. The van der Waals surface area contributed by atoms with E-state index in [-0.39, 0.29) is 18.3 Å². The Bertz CT molecular complexity index is 525. The number of cyclic esters (lactones) is 1. The van der Waals surface area contributed by atoms with Crippen LogP contribution in [0.15, 0.2) is 22.7 Å². The number of carbonyl (C=O) groups is 1. The molecule has 0 spiro atoms. The highest BCUT2D eigenvalue weighted by Crippen LogP contribution is 2.40. The fourth-order valence-corrected chi connectivity index (χ4v) is 3.15. The zero-order chi connectivity index (χ0) is 13.5. The Morgan fingerprint density at radius 2 is 2.32 bits per heavy atom. The van der Waals surface area contributed by atoms with E-state index in [1.165, 1.54) is 6.07 Å². The fraction of sp³-hybridized carbons (Fsp3) is 0.462. The highest BCUT2D eigenvalue weighted by molar-refractivity contribution is 9.10. The van der Waals surface area contributed by atoms with Crippen molar-refractivity contribution < 1.29 is 18.7 Å². The molecule has 0 bridgehead atoms. The molecule has 102 valence electrons. The van der Waals surface area contributed by atoms with Crippen LogP contribution in [0, 0.1) is 11.7 Å². The number of ether oxygens (including phenoxy) is 2. The minimum absolute atomic E-state index is 0.0164. The number of fused-ring (bicyclic) bond motifs is 1. The number of hydrogen-bond donors (Lipinski definition) is 1. The van der Waals surface area contributed by atoms with Crippen molar-refractivity contribution in [1.82, 2.24) is 5.32 Å². The van der Waals surface area contributed by atoms with Gasteiger partial charge < -0.3 is 14.8 Å². The van der Waals surface area contributed by atoms with Gasteiger partial charge in [-0.15, -0.1) is 0 Å². The van der Waals surface area contributed by atoms with E-state index in [0.29, 0.717) is 18.8 Å². The highest BCUT2D eigenvalue weighted by Gasteiger charge is 2.49. The van der Waals surface area contributed by atoms with Crippen molar-refractivity contribution in [2.75, 3.05) is 19.8 Å². The van der Waals surface area contributed by atoms with E-state index in [4.69, 9.17) is 9.47 Å². The summed E-state index contributed by atoms with van der Waals surface area (Å²) in [5.41, 5.74) is -0.384. The standard InChI is InChI=1S/C13H13BrFNO3/c14-9-1-2-11(15)10(5-9)13-7-18-4-3-8(13)6-19-12(17)16-13/h1-2,5,8H,3-4,6-7H2,(H,16,17)/t8-,13-/m0/s1. The van der Waals surface area contributed by atoms with Gasteiger partial charge >= 0.3 is 6.09 Å². The largest absolute Gasteiger partial charge is 0.449 e. The predicted molar refractivity (Wildman–Crippen MR) is 69.2 cm³/mol. The second-order valence-electron chi connectivity index (χ2n) is 4.86. The van der Waals surface area contributed by atoms with Crippen molar-refractivity contribution in [2.24, 2.45) is 5.92 Å². The lowest BCUT2D eigenvalue weighted by Gasteiger charge is -2.46. The van der Waals surface area contributed by atoms with Crippen molar-refractivity contribution in [3.05, 3.63) is 34.1 Å². The Kier molecular flexibility index (Phi) is 3.22. The smallest absolute Gasteiger partial charge is 0.407 e. The molecule has 1 N–H and O–H groups in total. The van der Waals surface area contributed by atoms with Crippen molar-refractivity contribution in [3.8, 4) is 0 Å². The second kappa shape index (κ2) is 4.76. The summed E-state index contributed by atoms with van der Waals surface area (Å²) >= 11 is 3.34. The number of amides is 1. The summed E-state index contributed by atoms with van der Waals surface area (Å²) < 4.78 is 25.5. The summed E-state index contributed by atoms with van der Waals surface area (Å²) in [5, 5.41) is 2.77. The summed E-state index contributed by atoms with van der Waals surface area (Å²) in [6.07, 6.45) is 0.202. The van der Waals surface area contributed by atoms with E-state index in [1.807, 2.05) is 0 Å². The number of alkyl carbamates (subject to hydrolysis) is 1. The van der Waals surface area contributed by atoms with Crippen LogP contribution in [-0.2, 0) is 15.0 Å². The van der Waals surface area contributed by atoms with E-state index in [9.17, 15) is 9.18 Å². The monoisotopic (exact) mass is 329 g/mol. The summed E-state index contributed by atoms with van der Waals surface area (Å²) in [4.78, 5) is 11.6. The molecule has 19 heavy (non-hydrogen) atoms. The second-order valence-corrected chi connectivity index (χ2v) is 5.77. The first-order valence-corrected chi connectivity index (χ1v) is 6.89. The minimum atomic E-state index is -0.832. The zero-order valence-electron chi connectivity index (χ0n) is 10.1. The summed E-state index contributed by atoms with van der Waals surface area (Å²) in [6, 6.07) is 4.72. The van der Waals surface area contributed by atoms with E-state index in [1.54, 1.807) is 12.1 Å². The van der Waals surface area contributed by atoms with Gasteiger partial charge in [0.15, 0.2) is 0 Å². The predicted octanol–water partition coefficient (Wildman–Crippen LogP) is 2.56. The van der Waals surface area contributed by atoms with Gasteiger partial charge in [0, 0.05) is 22.6 Å².